The van der Waals surface area contributed by atoms with Crippen molar-refractivity contribution in [1.82, 2.24) is 0 Å². The number of para-hydroxylation sites is 1. The third-order valence-corrected chi connectivity index (χ3v) is 2.87. The molecule has 0 aliphatic carbocycles. The van der Waals surface area contributed by atoms with Crippen molar-refractivity contribution >= 4 is 5.78 Å². The van der Waals surface area contributed by atoms with Crippen molar-refractivity contribution in [2.75, 3.05) is 6.61 Å². The van der Waals surface area contributed by atoms with E-state index in [1.807, 2.05) is 50.2 Å². The average molecular weight is 270 g/mol. The number of ketones is 1. The van der Waals surface area contributed by atoms with Crippen LogP contribution in [0.5, 0.6) is 17.2 Å². The SMILES string of the molecule is CCOc1ccc(Oc2ccccc2C(=O)CC)cc1. The molecule has 0 aromatic heterocycles. The van der Waals surface area contributed by atoms with Crippen molar-refractivity contribution in [1.29, 1.82) is 0 Å². The summed E-state index contributed by atoms with van der Waals surface area (Å²) in [6.07, 6.45) is 0.462. The van der Waals surface area contributed by atoms with E-state index in [-0.39, 0.29) is 5.78 Å². The summed E-state index contributed by atoms with van der Waals surface area (Å²) in [5.41, 5.74) is 0.615. The predicted octanol–water partition coefficient (Wildman–Crippen LogP) is 4.47. The lowest BCUT2D eigenvalue weighted by molar-refractivity contribution is 0.0986. The quantitative estimate of drug-likeness (QED) is 0.726. The molecule has 0 N–H and O–H groups in total. The van der Waals surface area contributed by atoms with Crippen LogP contribution in [-0.2, 0) is 0 Å². The van der Waals surface area contributed by atoms with Crippen LogP contribution < -0.4 is 9.47 Å². The first-order chi connectivity index (χ1) is 9.74. The molecule has 104 valence electrons. The smallest absolute Gasteiger partial charge is 0.166 e. The van der Waals surface area contributed by atoms with Gasteiger partial charge in [-0.2, -0.15) is 0 Å². The van der Waals surface area contributed by atoms with Crippen LogP contribution in [0, 0.1) is 0 Å². The first-order valence-electron chi connectivity index (χ1n) is 6.77. The highest BCUT2D eigenvalue weighted by Crippen LogP contribution is 2.27. The Bertz CT molecular complexity index is 573. The fourth-order valence-electron chi connectivity index (χ4n) is 1.87. The van der Waals surface area contributed by atoms with Gasteiger partial charge in [-0.15, -0.1) is 0 Å². The zero-order valence-corrected chi connectivity index (χ0v) is 11.8. The largest absolute Gasteiger partial charge is 0.494 e. The molecule has 0 atom stereocenters. The lowest BCUT2D eigenvalue weighted by Gasteiger charge is -2.10. The summed E-state index contributed by atoms with van der Waals surface area (Å²) in [7, 11) is 0. The molecule has 3 heteroatoms. The highest BCUT2D eigenvalue weighted by atomic mass is 16.5. The van der Waals surface area contributed by atoms with Crippen molar-refractivity contribution < 1.29 is 14.3 Å². The second-order valence-corrected chi connectivity index (χ2v) is 4.28. The maximum Gasteiger partial charge on any atom is 0.166 e. The van der Waals surface area contributed by atoms with E-state index in [0.717, 1.165) is 5.75 Å². The Kier molecular flexibility index (Phi) is 4.77. The van der Waals surface area contributed by atoms with Crippen LogP contribution in [0.4, 0.5) is 0 Å². The van der Waals surface area contributed by atoms with Gasteiger partial charge in [0.25, 0.3) is 0 Å². The third-order valence-electron chi connectivity index (χ3n) is 2.87. The Morgan fingerprint density at radius 1 is 0.950 bits per heavy atom. The molecule has 0 aliphatic heterocycles. The maximum absolute atomic E-state index is 11.9. The minimum atomic E-state index is 0.0755. The number of hydrogen-bond donors (Lipinski definition) is 0. The Morgan fingerprint density at radius 2 is 1.60 bits per heavy atom. The van der Waals surface area contributed by atoms with Gasteiger partial charge in [0.15, 0.2) is 5.78 Å². The number of carbonyl (C=O) groups excluding carboxylic acids is 1. The summed E-state index contributed by atoms with van der Waals surface area (Å²) in [6.45, 7) is 4.42. The number of carbonyl (C=O) groups is 1. The van der Waals surface area contributed by atoms with Gasteiger partial charge in [0.05, 0.1) is 12.2 Å². The molecule has 20 heavy (non-hydrogen) atoms. The van der Waals surface area contributed by atoms with E-state index < -0.39 is 0 Å². The standard InChI is InChI=1S/C17H18O3/c1-3-16(18)15-7-5-6-8-17(15)20-14-11-9-13(10-12-14)19-4-2/h5-12H,3-4H2,1-2H3. The number of Topliss-reactive ketones (excluding diaryl/α,β-unsaturated/α-hetero) is 1. The number of rotatable bonds is 6. The molecule has 2 rings (SSSR count). The highest BCUT2D eigenvalue weighted by Gasteiger charge is 2.10. The molecule has 0 aliphatic rings. The van der Waals surface area contributed by atoms with Gasteiger partial charge in [-0.3, -0.25) is 4.79 Å². The first kappa shape index (κ1) is 14.1. The van der Waals surface area contributed by atoms with Crippen LogP contribution >= 0.6 is 0 Å². The van der Waals surface area contributed by atoms with Crippen molar-refractivity contribution in [3.63, 3.8) is 0 Å². The van der Waals surface area contributed by atoms with Gasteiger partial charge in [-0.1, -0.05) is 19.1 Å². The van der Waals surface area contributed by atoms with E-state index in [9.17, 15) is 4.79 Å². The number of hydrogen-bond acceptors (Lipinski definition) is 3. The number of ether oxygens (including phenoxy) is 2. The van der Waals surface area contributed by atoms with Crippen LogP contribution in [0.15, 0.2) is 48.5 Å². The minimum absolute atomic E-state index is 0.0755. The van der Waals surface area contributed by atoms with Crippen LogP contribution in [0.2, 0.25) is 0 Å². The third kappa shape index (κ3) is 3.38. The molecule has 3 nitrogen and oxygen atoms in total. The van der Waals surface area contributed by atoms with Gasteiger partial charge < -0.3 is 9.47 Å². The van der Waals surface area contributed by atoms with E-state index in [2.05, 4.69) is 0 Å². The van der Waals surface area contributed by atoms with Gasteiger partial charge in [-0.25, -0.2) is 0 Å². The van der Waals surface area contributed by atoms with Crippen LogP contribution in [-0.4, -0.2) is 12.4 Å². The Labute approximate surface area is 119 Å². The van der Waals surface area contributed by atoms with Gasteiger partial charge in [0.2, 0.25) is 0 Å². The molecule has 0 spiro atoms. The second-order valence-electron chi connectivity index (χ2n) is 4.28. The summed E-state index contributed by atoms with van der Waals surface area (Å²) >= 11 is 0. The Hall–Kier alpha value is -2.29. The molecule has 0 fully saturated rings. The molecule has 0 bridgehead atoms. The molecule has 2 aromatic carbocycles. The van der Waals surface area contributed by atoms with Crippen molar-refractivity contribution in [2.24, 2.45) is 0 Å². The molecule has 0 heterocycles. The predicted molar refractivity (Wildman–Crippen MR) is 78.7 cm³/mol. The monoisotopic (exact) mass is 270 g/mol. The van der Waals surface area contributed by atoms with Gasteiger partial charge in [-0.05, 0) is 43.3 Å². The fraction of sp³-hybridized carbons (Fsp3) is 0.235. The Morgan fingerprint density at radius 3 is 2.25 bits per heavy atom. The summed E-state index contributed by atoms with van der Waals surface area (Å²) in [5.74, 6) is 2.15. The van der Waals surface area contributed by atoms with Crippen LogP contribution in [0.1, 0.15) is 30.6 Å². The van der Waals surface area contributed by atoms with E-state index in [1.165, 1.54) is 0 Å². The van der Waals surface area contributed by atoms with E-state index >= 15 is 0 Å². The highest BCUT2D eigenvalue weighted by molar-refractivity contribution is 5.98. The molecular formula is C17H18O3. The second kappa shape index (κ2) is 6.75. The van der Waals surface area contributed by atoms with Crippen LogP contribution in [0.25, 0.3) is 0 Å². The van der Waals surface area contributed by atoms with Crippen LogP contribution in [0.3, 0.4) is 0 Å². The molecule has 2 aromatic rings. The normalized spacial score (nSPS) is 10.1. The minimum Gasteiger partial charge on any atom is -0.494 e. The molecule has 0 amide bonds. The molecule has 0 radical (unpaired) electrons. The average Bonchev–Trinajstić information content (AvgIpc) is 2.49. The lowest BCUT2D eigenvalue weighted by atomic mass is 10.1. The van der Waals surface area contributed by atoms with Gasteiger partial charge in [0.1, 0.15) is 17.2 Å². The van der Waals surface area contributed by atoms with E-state index in [0.29, 0.717) is 30.1 Å². The van der Waals surface area contributed by atoms with E-state index in [4.69, 9.17) is 9.47 Å². The Balaban J connectivity index is 2.19. The van der Waals surface area contributed by atoms with Gasteiger partial charge >= 0.3 is 0 Å². The van der Waals surface area contributed by atoms with E-state index in [1.54, 1.807) is 12.1 Å². The molecular weight excluding hydrogens is 252 g/mol. The van der Waals surface area contributed by atoms with Gasteiger partial charge in [0, 0.05) is 6.42 Å². The molecule has 0 saturated carbocycles. The number of benzene rings is 2. The van der Waals surface area contributed by atoms with Crippen molar-refractivity contribution in [3.05, 3.63) is 54.1 Å². The fourth-order valence-corrected chi connectivity index (χ4v) is 1.87. The summed E-state index contributed by atoms with van der Waals surface area (Å²) in [6, 6.07) is 14.7. The topological polar surface area (TPSA) is 35.5 Å². The molecule has 0 unspecified atom stereocenters. The first-order valence-corrected chi connectivity index (χ1v) is 6.77. The molecule has 0 saturated heterocycles. The summed E-state index contributed by atoms with van der Waals surface area (Å²) in [4.78, 5) is 11.9. The van der Waals surface area contributed by atoms with Crippen molar-refractivity contribution in [2.45, 2.75) is 20.3 Å². The maximum atomic E-state index is 11.9. The zero-order valence-electron chi connectivity index (χ0n) is 11.8. The summed E-state index contributed by atoms with van der Waals surface area (Å²) in [5, 5.41) is 0. The van der Waals surface area contributed by atoms with Crippen molar-refractivity contribution in [3.8, 4) is 17.2 Å². The zero-order chi connectivity index (χ0) is 14.4. The lowest BCUT2D eigenvalue weighted by Crippen LogP contribution is -1.99. The summed E-state index contributed by atoms with van der Waals surface area (Å²) < 4.78 is 11.2.